The quantitative estimate of drug-likeness (QED) is 0.710. The van der Waals surface area contributed by atoms with Gasteiger partial charge in [0.1, 0.15) is 0 Å². The minimum atomic E-state index is 0.472. The van der Waals surface area contributed by atoms with Crippen molar-refractivity contribution in [2.24, 2.45) is 5.92 Å². The van der Waals surface area contributed by atoms with E-state index in [-0.39, 0.29) is 0 Å². The molecule has 0 aliphatic heterocycles. The highest BCUT2D eigenvalue weighted by Gasteiger charge is 2.26. The zero-order valence-corrected chi connectivity index (χ0v) is 9.88. The van der Waals surface area contributed by atoms with E-state index in [1.807, 2.05) is 7.05 Å². The van der Waals surface area contributed by atoms with Gasteiger partial charge in [-0.25, -0.2) is 0 Å². The largest absolute Gasteiger partial charge is 0.376 e. The Morgan fingerprint density at radius 1 is 1.43 bits per heavy atom. The van der Waals surface area contributed by atoms with Gasteiger partial charge in [-0.2, -0.15) is 0 Å². The van der Waals surface area contributed by atoms with Gasteiger partial charge in [-0.1, -0.05) is 20.3 Å². The molecule has 0 aromatic heterocycles. The first-order valence-corrected chi connectivity index (χ1v) is 6.06. The summed E-state index contributed by atoms with van der Waals surface area (Å²) in [5.74, 6) is 0.720. The van der Waals surface area contributed by atoms with Crippen molar-refractivity contribution in [3.05, 3.63) is 0 Å². The summed E-state index contributed by atoms with van der Waals surface area (Å²) in [6, 6.07) is 0.601. The zero-order chi connectivity index (χ0) is 10.4. The van der Waals surface area contributed by atoms with Crippen LogP contribution in [0.15, 0.2) is 0 Å². The van der Waals surface area contributed by atoms with Crippen LogP contribution in [-0.2, 0) is 4.74 Å². The lowest BCUT2D eigenvalue weighted by atomic mass is 10.1. The number of likely N-dealkylation sites (N-methyl/N-ethyl adjacent to an activating group) is 1. The molecule has 1 fully saturated rings. The van der Waals surface area contributed by atoms with E-state index >= 15 is 0 Å². The fraction of sp³-hybridized carbons (Fsp3) is 1.00. The topological polar surface area (TPSA) is 21.3 Å². The molecule has 0 aromatic rings. The Balaban J connectivity index is 2.16. The second kappa shape index (κ2) is 6.41. The Morgan fingerprint density at radius 2 is 2.21 bits per heavy atom. The van der Waals surface area contributed by atoms with Crippen LogP contribution in [0.5, 0.6) is 0 Å². The van der Waals surface area contributed by atoms with Crippen molar-refractivity contribution in [1.82, 2.24) is 5.32 Å². The van der Waals surface area contributed by atoms with Crippen molar-refractivity contribution >= 4 is 0 Å². The SMILES string of the molecule is CCCC(C)COC1CCCC1NC. The maximum Gasteiger partial charge on any atom is 0.0728 e. The van der Waals surface area contributed by atoms with Crippen LogP contribution >= 0.6 is 0 Å². The molecule has 0 aromatic carbocycles. The highest BCUT2D eigenvalue weighted by atomic mass is 16.5. The molecule has 0 saturated heterocycles. The molecule has 0 radical (unpaired) electrons. The smallest absolute Gasteiger partial charge is 0.0728 e. The number of hydrogen-bond acceptors (Lipinski definition) is 2. The van der Waals surface area contributed by atoms with Crippen molar-refractivity contribution < 1.29 is 4.74 Å². The molecule has 3 unspecified atom stereocenters. The third-order valence-corrected chi connectivity index (χ3v) is 3.20. The normalized spacial score (nSPS) is 29.4. The predicted octanol–water partition coefficient (Wildman–Crippen LogP) is 2.58. The molecule has 14 heavy (non-hydrogen) atoms. The molecule has 0 spiro atoms. The van der Waals surface area contributed by atoms with E-state index in [4.69, 9.17) is 4.74 Å². The van der Waals surface area contributed by atoms with Crippen LogP contribution in [0.25, 0.3) is 0 Å². The Morgan fingerprint density at radius 3 is 2.86 bits per heavy atom. The Labute approximate surface area is 88.4 Å². The van der Waals surface area contributed by atoms with Gasteiger partial charge < -0.3 is 10.1 Å². The van der Waals surface area contributed by atoms with Crippen LogP contribution in [0, 0.1) is 5.92 Å². The van der Waals surface area contributed by atoms with Gasteiger partial charge in [0.2, 0.25) is 0 Å². The molecule has 0 amide bonds. The Hall–Kier alpha value is -0.0800. The molecule has 0 heterocycles. The highest BCUT2D eigenvalue weighted by molar-refractivity contribution is 4.82. The molecule has 84 valence electrons. The average Bonchev–Trinajstić information content (AvgIpc) is 2.62. The van der Waals surface area contributed by atoms with Gasteiger partial charge in [0, 0.05) is 12.6 Å². The first-order valence-electron chi connectivity index (χ1n) is 6.06. The summed E-state index contributed by atoms with van der Waals surface area (Å²) in [6.07, 6.45) is 6.87. The molecule has 1 N–H and O–H groups in total. The van der Waals surface area contributed by atoms with E-state index < -0.39 is 0 Å². The van der Waals surface area contributed by atoms with Gasteiger partial charge in [0.05, 0.1) is 6.10 Å². The van der Waals surface area contributed by atoms with Crippen molar-refractivity contribution in [2.45, 2.75) is 58.1 Å². The van der Waals surface area contributed by atoms with E-state index in [0.29, 0.717) is 12.1 Å². The molecule has 2 nitrogen and oxygen atoms in total. The maximum absolute atomic E-state index is 5.96. The molecular formula is C12H25NO. The molecule has 1 aliphatic carbocycles. The van der Waals surface area contributed by atoms with E-state index in [0.717, 1.165) is 12.5 Å². The molecular weight excluding hydrogens is 174 g/mol. The monoisotopic (exact) mass is 199 g/mol. The summed E-state index contributed by atoms with van der Waals surface area (Å²) in [4.78, 5) is 0. The highest BCUT2D eigenvalue weighted by Crippen LogP contribution is 2.22. The summed E-state index contributed by atoms with van der Waals surface area (Å²) >= 11 is 0. The lowest BCUT2D eigenvalue weighted by Crippen LogP contribution is -2.35. The molecule has 2 heteroatoms. The maximum atomic E-state index is 5.96. The first-order chi connectivity index (χ1) is 6.77. The number of ether oxygens (including phenoxy) is 1. The second-order valence-electron chi connectivity index (χ2n) is 4.59. The first kappa shape index (κ1) is 12.0. The van der Waals surface area contributed by atoms with Crippen molar-refractivity contribution in [1.29, 1.82) is 0 Å². The van der Waals surface area contributed by atoms with Gasteiger partial charge in [0.25, 0.3) is 0 Å². The van der Waals surface area contributed by atoms with Crippen LogP contribution in [-0.4, -0.2) is 25.8 Å². The van der Waals surface area contributed by atoms with Gasteiger partial charge in [-0.15, -0.1) is 0 Å². The van der Waals surface area contributed by atoms with Crippen LogP contribution in [0.4, 0.5) is 0 Å². The van der Waals surface area contributed by atoms with Crippen molar-refractivity contribution in [3.63, 3.8) is 0 Å². The van der Waals surface area contributed by atoms with Gasteiger partial charge in [-0.05, 0) is 38.6 Å². The summed E-state index contributed by atoms with van der Waals surface area (Å²) in [7, 11) is 2.04. The molecule has 1 saturated carbocycles. The van der Waals surface area contributed by atoms with E-state index in [1.54, 1.807) is 0 Å². The Kier molecular flexibility index (Phi) is 5.49. The number of nitrogens with one attached hydrogen (secondary N) is 1. The van der Waals surface area contributed by atoms with Gasteiger partial charge in [0.15, 0.2) is 0 Å². The number of hydrogen-bond donors (Lipinski definition) is 1. The van der Waals surface area contributed by atoms with Crippen molar-refractivity contribution in [3.8, 4) is 0 Å². The third-order valence-electron chi connectivity index (χ3n) is 3.20. The second-order valence-corrected chi connectivity index (χ2v) is 4.59. The standard InChI is InChI=1S/C12H25NO/c1-4-6-10(2)9-14-12-8-5-7-11(12)13-3/h10-13H,4-9H2,1-3H3. The summed E-state index contributed by atoms with van der Waals surface area (Å²) in [5, 5.41) is 3.34. The molecule has 0 bridgehead atoms. The third kappa shape index (κ3) is 3.58. The average molecular weight is 199 g/mol. The van der Waals surface area contributed by atoms with Crippen LogP contribution < -0.4 is 5.32 Å². The van der Waals surface area contributed by atoms with Crippen molar-refractivity contribution in [2.75, 3.05) is 13.7 Å². The summed E-state index contributed by atoms with van der Waals surface area (Å²) in [5.41, 5.74) is 0. The van der Waals surface area contributed by atoms with Crippen LogP contribution in [0.3, 0.4) is 0 Å². The summed E-state index contributed by atoms with van der Waals surface area (Å²) in [6.45, 7) is 5.46. The fourth-order valence-corrected chi connectivity index (χ4v) is 2.32. The zero-order valence-electron chi connectivity index (χ0n) is 9.88. The van der Waals surface area contributed by atoms with Crippen LogP contribution in [0.1, 0.15) is 46.0 Å². The van der Waals surface area contributed by atoms with E-state index in [1.165, 1.54) is 32.1 Å². The summed E-state index contributed by atoms with van der Waals surface area (Å²) < 4.78 is 5.96. The molecule has 1 rings (SSSR count). The van der Waals surface area contributed by atoms with E-state index in [2.05, 4.69) is 19.2 Å². The molecule has 1 aliphatic rings. The minimum absolute atomic E-state index is 0.472. The van der Waals surface area contributed by atoms with Crippen LogP contribution in [0.2, 0.25) is 0 Å². The fourth-order valence-electron chi connectivity index (χ4n) is 2.32. The molecule has 3 atom stereocenters. The lowest BCUT2D eigenvalue weighted by Gasteiger charge is -2.21. The van der Waals surface area contributed by atoms with Gasteiger partial charge in [-0.3, -0.25) is 0 Å². The minimum Gasteiger partial charge on any atom is -0.376 e. The number of rotatable bonds is 6. The lowest BCUT2D eigenvalue weighted by molar-refractivity contribution is 0.0209. The Bertz CT molecular complexity index is 149. The van der Waals surface area contributed by atoms with Gasteiger partial charge >= 0.3 is 0 Å². The predicted molar refractivity (Wildman–Crippen MR) is 60.5 cm³/mol. The van der Waals surface area contributed by atoms with E-state index in [9.17, 15) is 0 Å².